The Morgan fingerprint density at radius 3 is 2.15 bits per heavy atom. The van der Waals surface area contributed by atoms with Gasteiger partial charge in [-0.2, -0.15) is 0 Å². The molecule has 0 saturated heterocycles. The number of nitrogens with one attached hydrogen (secondary N) is 1. The van der Waals surface area contributed by atoms with Gasteiger partial charge in [0.1, 0.15) is 0 Å². The first kappa shape index (κ1) is 22.2. The molecule has 0 radical (unpaired) electrons. The Hall–Kier alpha value is -2.80. The number of allylic oxidation sites excluding steroid dienone is 7. The minimum Gasteiger partial charge on any atom is -0.380 e. The highest BCUT2D eigenvalue weighted by Crippen LogP contribution is 2.30. The number of hydrogen-bond donors (Lipinski definition) is 1. The summed E-state index contributed by atoms with van der Waals surface area (Å²) < 4.78 is 0. The molecule has 1 N–H and O–H groups in total. The summed E-state index contributed by atoms with van der Waals surface area (Å²) in [6, 6.07) is 18.9. The smallest absolute Gasteiger partial charge is 0.0422 e. The van der Waals surface area contributed by atoms with E-state index in [2.05, 4.69) is 99.4 Å². The van der Waals surface area contributed by atoms with Crippen LogP contribution in [-0.4, -0.2) is 0 Å². The zero-order valence-corrected chi connectivity index (χ0v) is 17.4. The van der Waals surface area contributed by atoms with Crippen LogP contribution < -0.4 is 5.32 Å². The van der Waals surface area contributed by atoms with Crippen LogP contribution in [0.2, 0.25) is 0 Å². The van der Waals surface area contributed by atoms with Gasteiger partial charge in [0.25, 0.3) is 0 Å². The van der Waals surface area contributed by atoms with Crippen LogP contribution in [0.25, 0.3) is 5.57 Å². The van der Waals surface area contributed by atoms with Crippen molar-refractivity contribution in [3.05, 3.63) is 108 Å². The Bertz CT molecular complexity index is 788. The van der Waals surface area contributed by atoms with E-state index in [9.17, 15) is 0 Å². The van der Waals surface area contributed by atoms with Gasteiger partial charge in [0.2, 0.25) is 0 Å². The molecule has 0 spiro atoms. The minimum absolute atomic E-state index is 0.802. The Labute approximate surface area is 165 Å². The summed E-state index contributed by atoms with van der Waals surface area (Å²) in [5.74, 6) is 0. The second-order valence-corrected chi connectivity index (χ2v) is 6.16. The van der Waals surface area contributed by atoms with Crippen LogP contribution >= 0.6 is 0 Å². The zero-order chi connectivity index (χ0) is 20.1. The third-order valence-electron chi connectivity index (χ3n) is 3.96. The standard InChI is InChI=1S/C24H27N.C2H6/c1-5-21(17-16-19(3)4)22(6-2)23-14-10-11-15-24(23)25-18-20-12-8-7-9-13-20;1-2/h5-17,25H,1,18H2,2-4H3;1-2H3/b21-17+,22-6+;. The highest BCUT2D eigenvalue weighted by atomic mass is 14.9. The molecule has 0 bridgehead atoms. The van der Waals surface area contributed by atoms with E-state index in [1.54, 1.807) is 0 Å². The van der Waals surface area contributed by atoms with Crippen molar-refractivity contribution >= 4 is 11.3 Å². The predicted molar refractivity (Wildman–Crippen MR) is 123 cm³/mol. The summed E-state index contributed by atoms with van der Waals surface area (Å²) in [5.41, 5.74) is 7.16. The van der Waals surface area contributed by atoms with Crippen LogP contribution in [0.5, 0.6) is 0 Å². The van der Waals surface area contributed by atoms with Gasteiger partial charge in [-0.15, -0.1) is 0 Å². The van der Waals surface area contributed by atoms with Crippen molar-refractivity contribution in [3.63, 3.8) is 0 Å². The predicted octanol–water partition coefficient (Wildman–Crippen LogP) is 7.81. The monoisotopic (exact) mass is 359 g/mol. The van der Waals surface area contributed by atoms with E-state index >= 15 is 0 Å². The van der Waals surface area contributed by atoms with E-state index in [4.69, 9.17) is 0 Å². The van der Waals surface area contributed by atoms with Crippen LogP contribution in [0.3, 0.4) is 0 Å². The molecular formula is C26H33N. The van der Waals surface area contributed by atoms with Gasteiger partial charge in [0, 0.05) is 17.8 Å². The van der Waals surface area contributed by atoms with Crippen molar-refractivity contribution in [2.75, 3.05) is 5.32 Å². The molecule has 2 rings (SSSR count). The number of para-hydroxylation sites is 1. The van der Waals surface area contributed by atoms with Crippen LogP contribution in [-0.2, 0) is 6.54 Å². The molecule has 2 aromatic rings. The molecule has 0 atom stereocenters. The van der Waals surface area contributed by atoms with E-state index in [0.29, 0.717) is 0 Å². The lowest BCUT2D eigenvalue weighted by Crippen LogP contribution is -2.02. The van der Waals surface area contributed by atoms with Gasteiger partial charge in [-0.3, -0.25) is 0 Å². The molecule has 2 aromatic carbocycles. The largest absolute Gasteiger partial charge is 0.380 e. The van der Waals surface area contributed by atoms with Crippen molar-refractivity contribution in [2.45, 2.75) is 41.2 Å². The molecule has 0 aromatic heterocycles. The Kier molecular flexibility index (Phi) is 10.3. The molecule has 0 fully saturated rings. The molecule has 0 aliphatic heterocycles. The van der Waals surface area contributed by atoms with E-state index in [1.165, 1.54) is 22.3 Å². The van der Waals surface area contributed by atoms with Crippen LogP contribution in [0, 0.1) is 0 Å². The number of anilines is 1. The van der Waals surface area contributed by atoms with Crippen LogP contribution in [0.4, 0.5) is 5.69 Å². The lowest BCUT2D eigenvalue weighted by atomic mass is 9.95. The Balaban J connectivity index is 0.00000176. The maximum atomic E-state index is 4.00. The molecular weight excluding hydrogens is 326 g/mol. The first-order chi connectivity index (χ1) is 13.2. The first-order valence-corrected chi connectivity index (χ1v) is 9.67. The maximum Gasteiger partial charge on any atom is 0.0422 e. The van der Waals surface area contributed by atoms with Gasteiger partial charge >= 0.3 is 0 Å². The van der Waals surface area contributed by atoms with Crippen molar-refractivity contribution in [1.29, 1.82) is 0 Å². The zero-order valence-electron chi connectivity index (χ0n) is 17.4. The van der Waals surface area contributed by atoms with Gasteiger partial charge in [-0.1, -0.05) is 98.8 Å². The fraction of sp³-hybridized carbons (Fsp3) is 0.231. The second kappa shape index (κ2) is 12.5. The molecule has 0 aliphatic rings. The highest BCUT2D eigenvalue weighted by molar-refractivity contribution is 5.87. The van der Waals surface area contributed by atoms with E-state index < -0.39 is 0 Å². The third-order valence-corrected chi connectivity index (χ3v) is 3.96. The van der Waals surface area contributed by atoms with Gasteiger partial charge in [0.15, 0.2) is 0 Å². The molecule has 0 saturated carbocycles. The molecule has 0 amide bonds. The lowest BCUT2D eigenvalue weighted by molar-refractivity contribution is 1.15. The summed E-state index contributed by atoms with van der Waals surface area (Å²) >= 11 is 0. The van der Waals surface area contributed by atoms with Crippen molar-refractivity contribution < 1.29 is 0 Å². The van der Waals surface area contributed by atoms with Crippen molar-refractivity contribution in [1.82, 2.24) is 0 Å². The molecule has 1 nitrogen and oxygen atoms in total. The van der Waals surface area contributed by atoms with E-state index in [1.807, 2.05) is 26.0 Å². The minimum atomic E-state index is 0.802. The van der Waals surface area contributed by atoms with Crippen LogP contribution in [0.1, 0.15) is 45.7 Å². The average Bonchev–Trinajstić information content (AvgIpc) is 2.72. The fourth-order valence-electron chi connectivity index (χ4n) is 2.67. The molecule has 0 heterocycles. The Morgan fingerprint density at radius 2 is 1.56 bits per heavy atom. The van der Waals surface area contributed by atoms with Crippen molar-refractivity contribution in [2.24, 2.45) is 0 Å². The van der Waals surface area contributed by atoms with Gasteiger partial charge in [-0.05, 0) is 43.5 Å². The normalized spacial score (nSPS) is 11.1. The Morgan fingerprint density at radius 1 is 0.926 bits per heavy atom. The fourth-order valence-corrected chi connectivity index (χ4v) is 2.67. The summed E-state index contributed by atoms with van der Waals surface area (Å²) in [5, 5.41) is 3.57. The maximum absolute atomic E-state index is 4.00. The van der Waals surface area contributed by atoms with Gasteiger partial charge in [0.05, 0.1) is 0 Å². The van der Waals surface area contributed by atoms with Gasteiger partial charge < -0.3 is 5.32 Å². The van der Waals surface area contributed by atoms with Gasteiger partial charge in [-0.25, -0.2) is 0 Å². The van der Waals surface area contributed by atoms with Crippen LogP contribution in [0.15, 0.2) is 96.6 Å². The quantitative estimate of drug-likeness (QED) is 0.497. The number of rotatable bonds is 7. The third kappa shape index (κ3) is 7.15. The molecule has 0 aliphatic carbocycles. The first-order valence-electron chi connectivity index (χ1n) is 9.67. The molecule has 0 unspecified atom stereocenters. The number of benzene rings is 2. The number of hydrogen-bond acceptors (Lipinski definition) is 1. The second-order valence-electron chi connectivity index (χ2n) is 6.16. The summed E-state index contributed by atoms with van der Waals surface area (Å²) in [4.78, 5) is 0. The summed E-state index contributed by atoms with van der Waals surface area (Å²) in [6.45, 7) is 15.1. The highest BCUT2D eigenvalue weighted by Gasteiger charge is 2.09. The molecule has 1 heteroatoms. The molecule has 142 valence electrons. The van der Waals surface area contributed by atoms with E-state index in [-0.39, 0.29) is 0 Å². The summed E-state index contributed by atoms with van der Waals surface area (Å²) in [6.07, 6.45) is 8.32. The van der Waals surface area contributed by atoms with E-state index in [0.717, 1.165) is 17.8 Å². The van der Waals surface area contributed by atoms with Crippen molar-refractivity contribution in [3.8, 4) is 0 Å². The average molecular weight is 360 g/mol. The topological polar surface area (TPSA) is 12.0 Å². The molecule has 27 heavy (non-hydrogen) atoms. The SMILES string of the molecule is C=CC(=C\C=C(C)C)/C(=C\C)c1ccccc1NCc1ccccc1.CC. The summed E-state index contributed by atoms with van der Waals surface area (Å²) in [7, 11) is 0. The lowest BCUT2D eigenvalue weighted by Gasteiger charge is -2.16.